The first-order valence-electron chi connectivity index (χ1n) is 10.3. The van der Waals surface area contributed by atoms with Crippen molar-refractivity contribution in [1.29, 1.82) is 0 Å². The molecule has 9 nitrogen and oxygen atoms in total. The fourth-order valence-electron chi connectivity index (χ4n) is 3.45. The molecule has 2 aliphatic heterocycles. The Morgan fingerprint density at radius 2 is 1.84 bits per heavy atom. The van der Waals surface area contributed by atoms with Gasteiger partial charge in [-0.25, -0.2) is 0 Å². The zero-order valence-electron chi connectivity index (χ0n) is 17.2. The average Bonchev–Trinajstić information content (AvgIpc) is 3.33. The molecule has 166 valence electrons. The van der Waals surface area contributed by atoms with Gasteiger partial charge in [-0.15, -0.1) is 10.2 Å². The number of carbonyl (C=O) groups is 1. The van der Waals surface area contributed by atoms with Crippen molar-refractivity contribution in [3.05, 3.63) is 54.4 Å². The molecule has 10 heteroatoms. The van der Waals surface area contributed by atoms with E-state index >= 15 is 0 Å². The molecule has 1 N–H and O–H groups in total. The minimum absolute atomic E-state index is 0.151. The molecule has 0 radical (unpaired) electrons. The van der Waals surface area contributed by atoms with Gasteiger partial charge in [0.25, 0.3) is 11.1 Å². The first-order chi connectivity index (χ1) is 15.7. The first-order valence-corrected chi connectivity index (χ1v) is 11.3. The fourth-order valence-corrected chi connectivity index (χ4v) is 4.02. The number of anilines is 2. The minimum atomic E-state index is -0.481. The van der Waals surface area contributed by atoms with E-state index in [-0.39, 0.29) is 18.3 Å². The Kier molecular flexibility index (Phi) is 6.13. The Morgan fingerprint density at radius 1 is 1.06 bits per heavy atom. The van der Waals surface area contributed by atoms with Crippen LogP contribution in [0, 0.1) is 0 Å². The fraction of sp³-hybridized carbons (Fsp3) is 0.318. The van der Waals surface area contributed by atoms with E-state index in [1.807, 2.05) is 48.5 Å². The van der Waals surface area contributed by atoms with Gasteiger partial charge in [-0.3, -0.25) is 4.79 Å². The SMILES string of the molecule is O=C(CSc1nnc(C2COc3ccccc3O2)o1)Nc1ccc(N2CCOCC2)cc1. The van der Waals surface area contributed by atoms with Crippen LogP contribution in [0.3, 0.4) is 0 Å². The van der Waals surface area contributed by atoms with Crippen LogP contribution < -0.4 is 19.7 Å². The third kappa shape index (κ3) is 4.81. The number of morpholine rings is 1. The number of nitrogens with zero attached hydrogens (tertiary/aromatic N) is 3. The number of rotatable bonds is 6. The van der Waals surface area contributed by atoms with Gasteiger partial charge in [0.15, 0.2) is 11.5 Å². The minimum Gasteiger partial charge on any atom is -0.485 e. The van der Waals surface area contributed by atoms with Crippen LogP contribution in [0.5, 0.6) is 11.5 Å². The van der Waals surface area contributed by atoms with Gasteiger partial charge in [-0.2, -0.15) is 0 Å². The second-order valence-electron chi connectivity index (χ2n) is 7.25. The van der Waals surface area contributed by atoms with E-state index in [1.165, 1.54) is 11.8 Å². The highest BCUT2D eigenvalue weighted by Gasteiger charge is 2.27. The number of fused-ring (bicyclic) bond motifs is 1. The molecule has 32 heavy (non-hydrogen) atoms. The Morgan fingerprint density at radius 3 is 2.66 bits per heavy atom. The van der Waals surface area contributed by atoms with E-state index in [9.17, 15) is 4.79 Å². The van der Waals surface area contributed by atoms with Crippen molar-refractivity contribution in [3.8, 4) is 11.5 Å². The van der Waals surface area contributed by atoms with Gasteiger partial charge >= 0.3 is 0 Å². The zero-order chi connectivity index (χ0) is 21.8. The monoisotopic (exact) mass is 454 g/mol. The normalized spacial score (nSPS) is 17.8. The first kappa shape index (κ1) is 20.7. The van der Waals surface area contributed by atoms with Gasteiger partial charge in [0.1, 0.15) is 6.61 Å². The molecule has 0 bridgehead atoms. The number of nitrogens with one attached hydrogen (secondary N) is 1. The summed E-state index contributed by atoms with van der Waals surface area (Å²) in [6.07, 6.45) is -0.481. The average molecular weight is 455 g/mol. The van der Waals surface area contributed by atoms with Crippen LogP contribution in [-0.4, -0.2) is 54.8 Å². The highest BCUT2D eigenvalue weighted by molar-refractivity contribution is 7.99. The Balaban J connectivity index is 1.11. The standard InChI is InChI=1S/C22H22N4O5S/c27-20(23-15-5-7-16(8-6-15)26-9-11-28-12-10-26)14-32-22-25-24-21(31-22)19-13-29-17-3-1-2-4-18(17)30-19/h1-8,19H,9-14H2,(H,23,27). The second kappa shape index (κ2) is 9.49. The van der Waals surface area contributed by atoms with E-state index in [2.05, 4.69) is 20.4 Å². The van der Waals surface area contributed by atoms with E-state index in [0.29, 0.717) is 22.6 Å². The number of benzene rings is 2. The van der Waals surface area contributed by atoms with Gasteiger partial charge in [-0.1, -0.05) is 23.9 Å². The summed E-state index contributed by atoms with van der Waals surface area (Å²) in [5.41, 5.74) is 1.86. The molecule has 1 saturated heterocycles. The molecule has 3 aromatic rings. The van der Waals surface area contributed by atoms with Crippen LogP contribution in [0.4, 0.5) is 11.4 Å². The summed E-state index contributed by atoms with van der Waals surface area (Å²) < 4.78 is 22.6. The van der Waals surface area contributed by atoms with Gasteiger partial charge in [0.05, 0.1) is 19.0 Å². The van der Waals surface area contributed by atoms with Crippen LogP contribution in [0.25, 0.3) is 0 Å². The van der Waals surface area contributed by atoms with Gasteiger partial charge < -0.3 is 28.8 Å². The van der Waals surface area contributed by atoms with E-state index in [4.69, 9.17) is 18.6 Å². The third-order valence-electron chi connectivity index (χ3n) is 5.06. The van der Waals surface area contributed by atoms with Crippen molar-refractivity contribution in [2.75, 3.05) is 48.9 Å². The predicted molar refractivity (Wildman–Crippen MR) is 118 cm³/mol. The van der Waals surface area contributed by atoms with Crippen LogP contribution in [0.15, 0.2) is 58.2 Å². The molecule has 1 aromatic heterocycles. The molecule has 1 unspecified atom stereocenters. The van der Waals surface area contributed by atoms with Gasteiger partial charge in [-0.05, 0) is 36.4 Å². The maximum absolute atomic E-state index is 12.3. The highest BCUT2D eigenvalue weighted by Crippen LogP contribution is 2.36. The molecule has 0 saturated carbocycles. The molecule has 2 aromatic carbocycles. The summed E-state index contributed by atoms with van der Waals surface area (Å²) >= 11 is 1.17. The Labute approximate surface area is 189 Å². The number of hydrogen-bond acceptors (Lipinski definition) is 9. The molecular formula is C22H22N4O5S. The number of ether oxygens (including phenoxy) is 3. The predicted octanol–water partition coefficient (Wildman–Crippen LogP) is 3.15. The Bertz CT molecular complexity index is 1070. The lowest BCUT2D eigenvalue weighted by Crippen LogP contribution is -2.36. The van der Waals surface area contributed by atoms with Crippen LogP contribution in [-0.2, 0) is 9.53 Å². The molecule has 5 rings (SSSR count). The summed E-state index contributed by atoms with van der Waals surface area (Å²) in [7, 11) is 0. The molecule has 2 aliphatic rings. The van der Waals surface area contributed by atoms with Gasteiger partial charge in [0, 0.05) is 24.5 Å². The number of amides is 1. The van der Waals surface area contributed by atoms with Crippen LogP contribution >= 0.6 is 11.8 Å². The van der Waals surface area contributed by atoms with E-state index < -0.39 is 6.10 Å². The summed E-state index contributed by atoms with van der Waals surface area (Å²) in [4.78, 5) is 14.6. The lowest BCUT2D eigenvalue weighted by Gasteiger charge is -2.28. The summed E-state index contributed by atoms with van der Waals surface area (Å²) in [6, 6.07) is 15.2. The zero-order valence-corrected chi connectivity index (χ0v) is 18.0. The van der Waals surface area contributed by atoms with Crippen molar-refractivity contribution in [1.82, 2.24) is 10.2 Å². The third-order valence-corrected chi connectivity index (χ3v) is 5.88. The largest absolute Gasteiger partial charge is 0.485 e. The maximum Gasteiger partial charge on any atom is 0.277 e. The van der Waals surface area contributed by atoms with Crippen LogP contribution in [0.1, 0.15) is 12.0 Å². The maximum atomic E-state index is 12.3. The molecular weight excluding hydrogens is 432 g/mol. The van der Waals surface area contributed by atoms with Gasteiger partial charge in [0.2, 0.25) is 12.0 Å². The van der Waals surface area contributed by atoms with Crippen molar-refractivity contribution in [3.63, 3.8) is 0 Å². The van der Waals surface area contributed by atoms with Crippen LogP contribution in [0.2, 0.25) is 0 Å². The molecule has 3 heterocycles. The van der Waals surface area contributed by atoms with E-state index in [0.717, 1.165) is 37.7 Å². The number of para-hydroxylation sites is 2. The number of carbonyl (C=O) groups excluding carboxylic acids is 1. The summed E-state index contributed by atoms with van der Waals surface area (Å²) in [5, 5.41) is 11.2. The second-order valence-corrected chi connectivity index (χ2v) is 8.18. The van der Waals surface area contributed by atoms with Crippen molar-refractivity contribution in [2.45, 2.75) is 11.3 Å². The molecule has 1 atom stereocenters. The smallest absolute Gasteiger partial charge is 0.277 e. The molecule has 0 aliphatic carbocycles. The van der Waals surface area contributed by atoms with E-state index in [1.54, 1.807) is 0 Å². The molecule has 1 amide bonds. The lowest BCUT2D eigenvalue weighted by molar-refractivity contribution is -0.113. The molecule has 0 spiro atoms. The number of hydrogen-bond donors (Lipinski definition) is 1. The van der Waals surface area contributed by atoms with Crippen molar-refractivity contribution >= 4 is 29.0 Å². The highest BCUT2D eigenvalue weighted by atomic mass is 32.2. The summed E-state index contributed by atoms with van der Waals surface area (Å²) in [6.45, 7) is 3.50. The molecule has 1 fully saturated rings. The Hall–Kier alpha value is -3.24. The number of thioether (sulfide) groups is 1. The topological polar surface area (TPSA) is 99.0 Å². The summed E-state index contributed by atoms with van der Waals surface area (Å²) in [5.74, 6) is 1.64. The quantitative estimate of drug-likeness (QED) is 0.563. The lowest BCUT2D eigenvalue weighted by atomic mass is 10.2. The van der Waals surface area contributed by atoms with Crippen molar-refractivity contribution < 1.29 is 23.4 Å². The number of aromatic nitrogens is 2. The van der Waals surface area contributed by atoms with Crippen molar-refractivity contribution in [2.24, 2.45) is 0 Å².